The minimum atomic E-state index is 0.640. The number of rotatable bonds is 3. The lowest BCUT2D eigenvalue weighted by Crippen LogP contribution is -2.34. The van der Waals surface area contributed by atoms with E-state index in [0.717, 1.165) is 26.2 Å². The summed E-state index contributed by atoms with van der Waals surface area (Å²) in [6.07, 6.45) is 0. The molecule has 78 valence electrons. The number of amidine groups is 2. The molecule has 2 rings (SSSR count). The Balaban J connectivity index is 1.54. The fourth-order valence-electron chi connectivity index (χ4n) is 1.22. The zero-order chi connectivity index (χ0) is 9.64. The third kappa shape index (κ3) is 2.51. The average molecular weight is 198 g/mol. The molecule has 0 aromatic rings. The van der Waals surface area contributed by atoms with Gasteiger partial charge in [-0.25, -0.2) is 9.98 Å². The minimum Gasteiger partial charge on any atom is -0.463 e. The van der Waals surface area contributed by atoms with Gasteiger partial charge in [-0.2, -0.15) is 0 Å². The Labute approximate surface area is 82.4 Å². The Kier molecular flexibility index (Phi) is 3.05. The summed E-state index contributed by atoms with van der Waals surface area (Å²) in [6.45, 7) is 4.39. The highest BCUT2D eigenvalue weighted by Crippen LogP contribution is 1.90. The Hall–Kier alpha value is -1.46. The van der Waals surface area contributed by atoms with Crippen LogP contribution in [-0.2, 0) is 9.47 Å². The highest BCUT2D eigenvalue weighted by Gasteiger charge is 2.07. The van der Waals surface area contributed by atoms with Crippen LogP contribution in [0.1, 0.15) is 0 Å². The average Bonchev–Trinajstić information content (AvgIpc) is 2.86. The van der Waals surface area contributed by atoms with Gasteiger partial charge in [-0.15, -0.1) is 0 Å². The minimum absolute atomic E-state index is 0.640. The first-order valence-electron chi connectivity index (χ1n) is 4.77. The SMILES string of the molecule is C1COC(NCCNC2=NCCO2)=N1. The van der Waals surface area contributed by atoms with E-state index >= 15 is 0 Å². The highest BCUT2D eigenvalue weighted by atomic mass is 16.5. The second kappa shape index (κ2) is 4.69. The molecule has 0 aliphatic carbocycles. The molecule has 6 heteroatoms. The van der Waals surface area contributed by atoms with Crippen molar-refractivity contribution >= 4 is 12.0 Å². The van der Waals surface area contributed by atoms with Gasteiger partial charge in [-0.1, -0.05) is 0 Å². The van der Waals surface area contributed by atoms with Crippen LogP contribution in [0.4, 0.5) is 0 Å². The maximum absolute atomic E-state index is 5.17. The summed E-state index contributed by atoms with van der Waals surface area (Å²) in [5.74, 6) is 0. The van der Waals surface area contributed by atoms with Gasteiger partial charge in [0.05, 0.1) is 13.1 Å². The molecule has 0 unspecified atom stereocenters. The van der Waals surface area contributed by atoms with Crippen molar-refractivity contribution in [1.29, 1.82) is 0 Å². The first-order chi connectivity index (χ1) is 6.95. The van der Waals surface area contributed by atoms with Crippen molar-refractivity contribution in [2.45, 2.75) is 0 Å². The van der Waals surface area contributed by atoms with Gasteiger partial charge in [-0.05, 0) is 0 Å². The monoisotopic (exact) mass is 198 g/mol. The second-order valence-electron chi connectivity index (χ2n) is 2.92. The summed E-state index contributed by atoms with van der Waals surface area (Å²) in [6, 6.07) is 1.28. The smallest absolute Gasteiger partial charge is 0.284 e. The van der Waals surface area contributed by atoms with Crippen LogP contribution < -0.4 is 10.6 Å². The molecule has 0 amide bonds. The fraction of sp³-hybridized carbons (Fsp3) is 0.750. The Bertz CT molecular complexity index is 226. The van der Waals surface area contributed by atoms with E-state index < -0.39 is 0 Å². The maximum atomic E-state index is 5.17. The summed E-state index contributed by atoms with van der Waals surface area (Å²) in [5.41, 5.74) is 0. The highest BCUT2D eigenvalue weighted by molar-refractivity contribution is 5.75. The van der Waals surface area contributed by atoms with Crippen LogP contribution in [0.2, 0.25) is 0 Å². The number of hydrogen-bond acceptors (Lipinski definition) is 6. The van der Waals surface area contributed by atoms with Crippen LogP contribution in [0.15, 0.2) is 9.98 Å². The molecule has 2 aliphatic heterocycles. The molecule has 0 aromatic heterocycles. The molecule has 0 fully saturated rings. The van der Waals surface area contributed by atoms with Gasteiger partial charge in [0.2, 0.25) is 0 Å². The zero-order valence-electron chi connectivity index (χ0n) is 7.95. The molecule has 0 saturated heterocycles. The topological polar surface area (TPSA) is 67.2 Å². The van der Waals surface area contributed by atoms with E-state index in [4.69, 9.17) is 9.47 Å². The van der Waals surface area contributed by atoms with Crippen molar-refractivity contribution in [2.75, 3.05) is 39.4 Å². The van der Waals surface area contributed by atoms with Crippen molar-refractivity contribution in [2.24, 2.45) is 9.98 Å². The number of hydrogen-bond donors (Lipinski definition) is 2. The van der Waals surface area contributed by atoms with Gasteiger partial charge < -0.3 is 20.1 Å². The van der Waals surface area contributed by atoms with Crippen LogP contribution in [0.3, 0.4) is 0 Å². The molecule has 2 heterocycles. The lowest BCUT2D eigenvalue weighted by Gasteiger charge is -2.07. The molecule has 2 N–H and O–H groups in total. The van der Waals surface area contributed by atoms with Gasteiger partial charge in [0, 0.05) is 13.1 Å². The third-order valence-corrected chi connectivity index (χ3v) is 1.85. The van der Waals surface area contributed by atoms with E-state index in [1.54, 1.807) is 0 Å². The first-order valence-corrected chi connectivity index (χ1v) is 4.77. The molecule has 0 aromatic carbocycles. The predicted octanol–water partition coefficient (Wildman–Crippen LogP) is -1.06. The van der Waals surface area contributed by atoms with E-state index in [2.05, 4.69) is 20.6 Å². The maximum Gasteiger partial charge on any atom is 0.284 e. The lowest BCUT2D eigenvalue weighted by molar-refractivity contribution is 0.326. The predicted molar refractivity (Wildman–Crippen MR) is 52.5 cm³/mol. The second-order valence-corrected chi connectivity index (χ2v) is 2.92. The summed E-state index contributed by atoms with van der Waals surface area (Å²) in [5, 5.41) is 6.12. The van der Waals surface area contributed by atoms with Gasteiger partial charge >= 0.3 is 0 Å². The van der Waals surface area contributed by atoms with E-state index in [0.29, 0.717) is 25.3 Å². The van der Waals surface area contributed by atoms with Gasteiger partial charge in [-0.3, -0.25) is 0 Å². The molecular formula is C8H14N4O2. The first kappa shape index (κ1) is 9.11. The van der Waals surface area contributed by atoms with E-state index in [1.807, 2.05) is 0 Å². The molecule has 14 heavy (non-hydrogen) atoms. The molecular weight excluding hydrogens is 184 g/mol. The molecule has 0 atom stereocenters. The third-order valence-electron chi connectivity index (χ3n) is 1.85. The summed E-state index contributed by atoms with van der Waals surface area (Å²) < 4.78 is 10.3. The van der Waals surface area contributed by atoms with Crippen LogP contribution in [0, 0.1) is 0 Å². The van der Waals surface area contributed by atoms with E-state index in [1.165, 1.54) is 0 Å². The Morgan fingerprint density at radius 2 is 1.43 bits per heavy atom. The van der Waals surface area contributed by atoms with Crippen molar-refractivity contribution in [3.8, 4) is 0 Å². The van der Waals surface area contributed by atoms with Crippen LogP contribution >= 0.6 is 0 Å². The van der Waals surface area contributed by atoms with E-state index in [9.17, 15) is 0 Å². The molecule has 0 bridgehead atoms. The standard InChI is InChI=1S/C8H14N4O2/c1(9-7-11-3-5-13-7)2-10-8-12-4-6-14-8/h1-6H2,(H,9,11)(H,10,12). The zero-order valence-corrected chi connectivity index (χ0v) is 7.95. The summed E-state index contributed by atoms with van der Waals surface area (Å²) >= 11 is 0. The fourth-order valence-corrected chi connectivity index (χ4v) is 1.22. The van der Waals surface area contributed by atoms with Gasteiger partial charge in [0.15, 0.2) is 0 Å². The lowest BCUT2D eigenvalue weighted by atomic mass is 10.6. The quantitative estimate of drug-likeness (QED) is 0.567. The number of ether oxygens (including phenoxy) is 2. The molecule has 6 nitrogen and oxygen atoms in total. The summed E-state index contributed by atoms with van der Waals surface area (Å²) in [4.78, 5) is 8.20. The number of nitrogens with one attached hydrogen (secondary N) is 2. The largest absolute Gasteiger partial charge is 0.463 e. The van der Waals surface area contributed by atoms with Gasteiger partial charge in [0.1, 0.15) is 13.2 Å². The Morgan fingerprint density at radius 3 is 1.79 bits per heavy atom. The van der Waals surface area contributed by atoms with Crippen LogP contribution in [0.25, 0.3) is 0 Å². The van der Waals surface area contributed by atoms with Crippen molar-refractivity contribution in [3.63, 3.8) is 0 Å². The van der Waals surface area contributed by atoms with Crippen LogP contribution in [0.5, 0.6) is 0 Å². The molecule has 0 spiro atoms. The molecule has 2 aliphatic rings. The van der Waals surface area contributed by atoms with Gasteiger partial charge in [0.25, 0.3) is 12.0 Å². The van der Waals surface area contributed by atoms with Crippen molar-refractivity contribution in [1.82, 2.24) is 10.6 Å². The molecule has 0 saturated carbocycles. The summed E-state index contributed by atoms with van der Waals surface area (Å²) in [7, 11) is 0. The van der Waals surface area contributed by atoms with E-state index in [-0.39, 0.29) is 0 Å². The Morgan fingerprint density at radius 1 is 0.929 bits per heavy atom. The van der Waals surface area contributed by atoms with Crippen LogP contribution in [-0.4, -0.2) is 51.4 Å². The van der Waals surface area contributed by atoms with Crippen molar-refractivity contribution in [3.05, 3.63) is 0 Å². The van der Waals surface area contributed by atoms with Crippen molar-refractivity contribution < 1.29 is 9.47 Å². The molecule has 0 radical (unpaired) electrons. The number of nitrogens with zero attached hydrogens (tertiary/aromatic N) is 2. The normalized spacial score (nSPS) is 19.4. The number of aliphatic imine (C=N–C) groups is 2.